The molecular formula is C12H17N3O2. The summed E-state index contributed by atoms with van der Waals surface area (Å²) in [5.74, 6) is -0.407. The predicted molar refractivity (Wildman–Crippen MR) is 65.1 cm³/mol. The van der Waals surface area contributed by atoms with Gasteiger partial charge >= 0.3 is 5.97 Å². The van der Waals surface area contributed by atoms with E-state index in [-0.39, 0.29) is 0 Å². The third kappa shape index (κ3) is 3.17. The molecule has 0 amide bonds. The second kappa shape index (κ2) is 5.63. The minimum atomic E-state index is -0.407. The van der Waals surface area contributed by atoms with Crippen LogP contribution in [0.15, 0.2) is 18.3 Å². The van der Waals surface area contributed by atoms with E-state index in [0.29, 0.717) is 11.7 Å². The van der Waals surface area contributed by atoms with Crippen molar-refractivity contribution in [2.24, 2.45) is 0 Å². The van der Waals surface area contributed by atoms with Crippen molar-refractivity contribution < 1.29 is 9.53 Å². The first-order valence-corrected chi connectivity index (χ1v) is 5.81. The second-order valence-corrected chi connectivity index (χ2v) is 4.11. The number of carbonyl (C=O) groups excluding carboxylic acids is 1. The highest BCUT2D eigenvalue weighted by Crippen LogP contribution is 2.13. The molecule has 1 atom stereocenters. The number of hydrogen-bond acceptors (Lipinski definition) is 5. The molecule has 0 spiro atoms. The summed E-state index contributed by atoms with van der Waals surface area (Å²) in [6, 6.07) is 4.00. The SMILES string of the molecule is COC(=O)c1cc(NC2CCCNC2)ccn1. The Morgan fingerprint density at radius 1 is 1.65 bits per heavy atom. The summed E-state index contributed by atoms with van der Waals surface area (Å²) in [6.07, 6.45) is 3.93. The highest BCUT2D eigenvalue weighted by atomic mass is 16.5. The van der Waals surface area contributed by atoms with E-state index in [1.54, 1.807) is 12.3 Å². The molecular weight excluding hydrogens is 218 g/mol. The number of carbonyl (C=O) groups is 1. The average molecular weight is 235 g/mol. The first-order chi connectivity index (χ1) is 8.29. The number of hydrogen-bond donors (Lipinski definition) is 2. The van der Waals surface area contributed by atoms with E-state index in [1.165, 1.54) is 13.5 Å². The third-order valence-corrected chi connectivity index (χ3v) is 2.82. The standard InChI is InChI=1S/C12H17N3O2/c1-17-12(16)11-7-9(4-6-14-11)15-10-3-2-5-13-8-10/h4,6-7,10,13H,2-3,5,8H2,1H3,(H,14,15). The van der Waals surface area contributed by atoms with E-state index >= 15 is 0 Å². The zero-order chi connectivity index (χ0) is 12.1. The average Bonchev–Trinajstić information content (AvgIpc) is 2.39. The van der Waals surface area contributed by atoms with Crippen molar-refractivity contribution in [3.63, 3.8) is 0 Å². The molecule has 0 aliphatic carbocycles. The minimum absolute atomic E-state index is 0.335. The first-order valence-electron chi connectivity index (χ1n) is 5.81. The molecule has 2 rings (SSSR count). The Kier molecular flexibility index (Phi) is 3.93. The van der Waals surface area contributed by atoms with E-state index < -0.39 is 5.97 Å². The Labute approximate surface area is 101 Å². The molecule has 2 heterocycles. The Morgan fingerprint density at radius 2 is 2.53 bits per heavy atom. The maximum absolute atomic E-state index is 11.3. The van der Waals surface area contributed by atoms with Crippen molar-refractivity contribution in [3.05, 3.63) is 24.0 Å². The van der Waals surface area contributed by atoms with Gasteiger partial charge in [0.15, 0.2) is 0 Å². The van der Waals surface area contributed by atoms with Crippen LogP contribution in [-0.2, 0) is 4.74 Å². The molecule has 1 aromatic heterocycles. The number of piperidine rings is 1. The Hall–Kier alpha value is -1.62. The molecule has 5 heteroatoms. The summed E-state index contributed by atoms with van der Waals surface area (Å²) in [6.45, 7) is 2.04. The number of pyridine rings is 1. The molecule has 1 aliphatic rings. The van der Waals surface area contributed by atoms with Gasteiger partial charge in [0.2, 0.25) is 0 Å². The molecule has 0 bridgehead atoms. The second-order valence-electron chi connectivity index (χ2n) is 4.11. The topological polar surface area (TPSA) is 63.2 Å². The summed E-state index contributed by atoms with van der Waals surface area (Å²) < 4.78 is 4.64. The fraction of sp³-hybridized carbons (Fsp3) is 0.500. The van der Waals surface area contributed by atoms with Crippen molar-refractivity contribution >= 4 is 11.7 Å². The summed E-state index contributed by atoms with van der Waals surface area (Å²) >= 11 is 0. The van der Waals surface area contributed by atoms with Crippen LogP contribution >= 0.6 is 0 Å². The molecule has 1 aromatic rings. The van der Waals surface area contributed by atoms with E-state index in [1.807, 2.05) is 6.07 Å². The van der Waals surface area contributed by atoms with Crippen LogP contribution in [0.4, 0.5) is 5.69 Å². The quantitative estimate of drug-likeness (QED) is 0.766. The predicted octanol–water partition coefficient (Wildman–Crippen LogP) is 1.03. The summed E-state index contributed by atoms with van der Waals surface area (Å²) in [5.41, 5.74) is 1.25. The number of nitrogens with one attached hydrogen (secondary N) is 2. The maximum atomic E-state index is 11.3. The van der Waals surface area contributed by atoms with Crippen molar-refractivity contribution in [2.75, 3.05) is 25.5 Å². The van der Waals surface area contributed by atoms with Gasteiger partial charge in [-0.2, -0.15) is 0 Å². The fourth-order valence-corrected chi connectivity index (χ4v) is 1.95. The van der Waals surface area contributed by atoms with Gasteiger partial charge in [0.05, 0.1) is 7.11 Å². The molecule has 0 saturated carbocycles. The lowest BCUT2D eigenvalue weighted by atomic mass is 10.1. The van der Waals surface area contributed by atoms with Crippen molar-refractivity contribution in [1.82, 2.24) is 10.3 Å². The number of aromatic nitrogens is 1. The van der Waals surface area contributed by atoms with Crippen molar-refractivity contribution in [3.8, 4) is 0 Å². The summed E-state index contributed by atoms with van der Waals surface area (Å²) in [7, 11) is 1.36. The van der Waals surface area contributed by atoms with Gasteiger partial charge in [-0.1, -0.05) is 0 Å². The van der Waals surface area contributed by atoms with Crippen LogP contribution in [0, 0.1) is 0 Å². The normalized spacial score (nSPS) is 19.7. The minimum Gasteiger partial charge on any atom is -0.464 e. The van der Waals surface area contributed by atoms with E-state index in [0.717, 1.165) is 25.2 Å². The molecule has 0 radical (unpaired) electrons. The first kappa shape index (κ1) is 11.9. The van der Waals surface area contributed by atoms with Crippen LogP contribution in [0.3, 0.4) is 0 Å². The lowest BCUT2D eigenvalue weighted by molar-refractivity contribution is 0.0594. The van der Waals surface area contributed by atoms with Crippen molar-refractivity contribution in [1.29, 1.82) is 0 Å². The van der Waals surface area contributed by atoms with Gasteiger partial charge in [-0.3, -0.25) is 0 Å². The maximum Gasteiger partial charge on any atom is 0.356 e. The molecule has 1 aliphatic heterocycles. The lowest BCUT2D eigenvalue weighted by Gasteiger charge is -2.24. The molecule has 1 unspecified atom stereocenters. The highest BCUT2D eigenvalue weighted by molar-refractivity contribution is 5.88. The van der Waals surface area contributed by atoms with Crippen LogP contribution < -0.4 is 10.6 Å². The highest BCUT2D eigenvalue weighted by Gasteiger charge is 2.13. The Bertz CT molecular complexity index is 389. The smallest absolute Gasteiger partial charge is 0.356 e. The van der Waals surface area contributed by atoms with Gasteiger partial charge in [0.1, 0.15) is 5.69 Å². The van der Waals surface area contributed by atoms with Gasteiger partial charge < -0.3 is 15.4 Å². The van der Waals surface area contributed by atoms with Crippen LogP contribution in [0.1, 0.15) is 23.3 Å². The van der Waals surface area contributed by atoms with Crippen LogP contribution in [-0.4, -0.2) is 37.2 Å². The Morgan fingerprint density at radius 3 is 3.24 bits per heavy atom. The van der Waals surface area contributed by atoms with Gasteiger partial charge in [0, 0.05) is 24.5 Å². The third-order valence-electron chi connectivity index (χ3n) is 2.82. The van der Waals surface area contributed by atoms with Crippen LogP contribution in [0.25, 0.3) is 0 Å². The molecule has 0 aromatic carbocycles. The largest absolute Gasteiger partial charge is 0.464 e. The number of ether oxygens (including phenoxy) is 1. The molecule has 5 nitrogen and oxygen atoms in total. The monoisotopic (exact) mass is 235 g/mol. The zero-order valence-electron chi connectivity index (χ0n) is 9.90. The summed E-state index contributed by atoms with van der Waals surface area (Å²) in [5, 5.41) is 6.72. The molecule has 1 fully saturated rings. The summed E-state index contributed by atoms with van der Waals surface area (Å²) in [4.78, 5) is 15.3. The number of rotatable bonds is 3. The molecule has 17 heavy (non-hydrogen) atoms. The fourth-order valence-electron chi connectivity index (χ4n) is 1.95. The lowest BCUT2D eigenvalue weighted by Crippen LogP contribution is -2.38. The van der Waals surface area contributed by atoms with E-state index in [2.05, 4.69) is 20.4 Å². The van der Waals surface area contributed by atoms with Crippen molar-refractivity contribution in [2.45, 2.75) is 18.9 Å². The van der Waals surface area contributed by atoms with Gasteiger partial charge in [-0.25, -0.2) is 9.78 Å². The number of nitrogens with zero attached hydrogens (tertiary/aromatic N) is 1. The zero-order valence-corrected chi connectivity index (χ0v) is 9.90. The van der Waals surface area contributed by atoms with E-state index in [9.17, 15) is 4.79 Å². The van der Waals surface area contributed by atoms with Gasteiger partial charge in [-0.05, 0) is 31.5 Å². The van der Waals surface area contributed by atoms with Gasteiger partial charge in [0.25, 0.3) is 0 Å². The molecule has 1 saturated heterocycles. The number of anilines is 1. The van der Waals surface area contributed by atoms with Crippen LogP contribution in [0.5, 0.6) is 0 Å². The molecule has 2 N–H and O–H groups in total. The Balaban J connectivity index is 2.02. The van der Waals surface area contributed by atoms with Crippen LogP contribution in [0.2, 0.25) is 0 Å². The van der Waals surface area contributed by atoms with Gasteiger partial charge in [-0.15, -0.1) is 0 Å². The molecule has 92 valence electrons. The number of methoxy groups -OCH3 is 1. The van der Waals surface area contributed by atoms with E-state index in [4.69, 9.17) is 0 Å². The number of esters is 1.